The van der Waals surface area contributed by atoms with Crippen molar-refractivity contribution in [1.82, 2.24) is 5.32 Å². The molecular formula is C12H13ClN2O4. The highest BCUT2D eigenvalue weighted by Gasteiger charge is 2.23. The van der Waals surface area contributed by atoms with Gasteiger partial charge in [0.2, 0.25) is 0 Å². The van der Waals surface area contributed by atoms with Gasteiger partial charge < -0.3 is 10.1 Å². The summed E-state index contributed by atoms with van der Waals surface area (Å²) >= 11 is 5.78. The Morgan fingerprint density at radius 1 is 1.53 bits per heavy atom. The van der Waals surface area contributed by atoms with E-state index in [1.165, 1.54) is 18.2 Å². The quantitative estimate of drug-likeness (QED) is 0.681. The van der Waals surface area contributed by atoms with Crippen molar-refractivity contribution in [3.8, 4) is 0 Å². The predicted molar refractivity (Wildman–Crippen MR) is 69.4 cm³/mol. The lowest BCUT2D eigenvalue weighted by atomic mass is 10.1. The lowest BCUT2D eigenvalue weighted by Gasteiger charge is -2.23. The van der Waals surface area contributed by atoms with Crippen LogP contribution in [-0.4, -0.2) is 30.1 Å². The van der Waals surface area contributed by atoms with Gasteiger partial charge in [-0.25, -0.2) is 0 Å². The number of ether oxygens (including phenoxy) is 1. The molecular weight excluding hydrogens is 272 g/mol. The standard InChI is InChI=1S/C12H13ClN2O4/c13-8-3-4-11(15(17)18)10(6-8)12(16)14-9-2-1-5-19-7-9/h3-4,6,9H,1-2,5,7H2,(H,14,16). The summed E-state index contributed by atoms with van der Waals surface area (Å²) in [7, 11) is 0. The van der Waals surface area contributed by atoms with Crippen LogP contribution in [0.5, 0.6) is 0 Å². The molecule has 1 aliphatic rings. The number of hydrogen-bond acceptors (Lipinski definition) is 4. The topological polar surface area (TPSA) is 81.5 Å². The highest BCUT2D eigenvalue weighted by molar-refractivity contribution is 6.31. The summed E-state index contributed by atoms with van der Waals surface area (Å²) in [4.78, 5) is 22.4. The molecule has 1 aromatic carbocycles. The molecule has 1 N–H and O–H groups in total. The SMILES string of the molecule is O=C(NC1CCCOC1)c1cc(Cl)ccc1[N+](=O)[O-]. The van der Waals surface area contributed by atoms with Gasteiger partial charge in [-0.15, -0.1) is 0 Å². The van der Waals surface area contributed by atoms with Crippen LogP contribution in [0.3, 0.4) is 0 Å². The summed E-state index contributed by atoms with van der Waals surface area (Å²) < 4.78 is 5.25. The number of carbonyl (C=O) groups is 1. The van der Waals surface area contributed by atoms with Crippen molar-refractivity contribution in [3.05, 3.63) is 38.9 Å². The second-order valence-electron chi connectivity index (χ2n) is 4.31. The smallest absolute Gasteiger partial charge is 0.282 e. The monoisotopic (exact) mass is 284 g/mol. The molecule has 2 rings (SSSR count). The predicted octanol–water partition coefficient (Wildman–Crippen LogP) is 2.16. The number of hydrogen-bond donors (Lipinski definition) is 1. The molecule has 0 aromatic heterocycles. The number of benzene rings is 1. The Morgan fingerprint density at radius 2 is 2.32 bits per heavy atom. The lowest BCUT2D eigenvalue weighted by Crippen LogP contribution is -2.40. The van der Waals surface area contributed by atoms with Gasteiger partial charge in [0.1, 0.15) is 5.56 Å². The minimum Gasteiger partial charge on any atom is -0.379 e. The molecule has 102 valence electrons. The van der Waals surface area contributed by atoms with E-state index in [2.05, 4.69) is 5.32 Å². The first kappa shape index (κ1) is 13.8. The Morgan fingerprint density at radius 3 is 2.95 bits per heavy atom. The molecule has 1 amide bonds. The molecule has 0 aliphatic carbocycles. The van der Waals surface area contributed by atoms with E-state index in [9.17, 15) is 14.9 Å². The minimum atomic E-state index is -0.595. The normalized spacial score (nSPS) is 18.9. The molecule has 0 saturated carbocycles. The van der Waals surface area contributed by atoms with Gasteiger partial charge in [-0.2, -0.15) is 0 Å². The fourth-order valence-electron chi connectivity index (χ4n) is 1.97. The molecule has 1 heterocycles. The molecule has 1 saturated heterocycles. The molecule has 1 fully saturated rings. The van der Waals surface area contributed by atoms with E-state index in [0.717, 1.165) is 12.8 Å². The number of nitrogens with zero attached hydrogens (tertiary/aromatic N) is 1. The van der Waals surface area contributed by atoms with Gasteiger partial charge in [-0.05, 0) is 25.0 Å². The van der Waals surface area contributed by atoms with Crippen molar-refractivity contribution < 1.29 is 14.5 Å². The molecule has 0 spiro atoms. The van der Waals surface area contributed by atoms with E-state index >= 15 is 0 Å². The van der Waals surface area contributed by atoms with E-state index < -0.39 is 10.8 Å². The minimum absolute atomic E-state index is 0.0249. The maximum Gasteiger partial charge on any atom is 0.282 e. The Bertz CT molecular complexity index is 501. The number of amides is 1. The zero-order valence-electron chi connectivity index (χ0n) is 10.1. The molecule has 19 heavy (non-hydrogen) atoms. The Balaban J connectivity index is 2.17. The number of nitro groups is 1. The first-order valence-electron chi connectivity index (χ1n) is 5.90. The first-order chi connectivity index (χ1) is 9.08. The summed E-state index contributed by atoms with van der Waals surface area (Å²) in [5, 5.41) is 13.9. The summed E-state index contributed by atoms with van der Waals surface area (Å²) in [5.41, 5.74) is -0.276. The van der Waals surface area contributed by atoms with Crippen LogP contribution in [-0.2, 0) is 4.74 Å². The van der Waals surface area contributed by atoms with E-state index in [4.69, 9.17) is 16.3 Å². The zero-order chi connectivity index (χ0) is 13.8. The van der Waals surface area contributed by atoms with Gasteiger partial charge in [-0.3, -0.25) is 14.9 Å². The van der Waals surface area contributed by atoms with Crippen LogP contribution in [0.2, 0.25) is 5.02 Å². The van der Waals surface area contributed by atoms with Gasteiger partial charge in [0.15, 0.2) is 0 Å². The van der Waals surface area contributed by atoms with E-state index in [-0.39, 0.29) is 22.3 Å². The second-order valence-corrected chi connectivity index (χ2v) is 4.74. The van der Waals surface area contributed by atoms with Gasteiger partial charge >= 0.3 is 0 Å². The zero-order valence-corrected chi connectivity index (χ0v) is 10.9. The highest BCUT2D eigenvalue weighted by atomic mass is 35.5. The van der Waals surface area contributed by atoms with Crippen molar-refractivity contribution in [2.24, 2.45) is 0 Å². The van der Waals surface area contributed by atoms with E-state index in [1.807, 2.05) is 0 Å². The average molecular weight is 285 g/mol. The molecule has 7 heteroatoms. The maximum absolute atomic E-state index is 12.1. The summed E-state index contributed by atoms with van der Waals surface area (Å²) in [6, 6.07) is 3.81. The van der Waals surface area contributed by atoms with Crippen LogP contribution in [0.4, 0.5) is 5.69 Å². The highest BCUT2D eigenvalue weighted by Crippen LogP contribution is 2.23. The van der Waals surface area contributed by atoms with Crippen LogP contribution in [0.1, 0.15) is 23.2 Å². The molecule has 0 radical (unpaired) electrons. The molecule has 1 aromatic rings. The summed E-state index contributed by atoms with van der Waals surface area (Å²) in [5.74, 6) is -0.496. The van der Waals surface area contributed by atoms with Gasteiger partial charge in [-0.1, -0.05) is 11.6 Å². The maximum atomic E-state index is 12.1. The van der Waals surface area contributed by atoms with E-state index in [0.29, 0.717) is 13.2 Å². The summed E-state index contributed by atoms with van der Waals surface area (Å²) in [6.07, 6.45) is 1.67. The van der Waals surface area contributed by atoms with Crippen molar-refractivity contribution in [1.29, 1.82) is 0 Å². The Kier molecular flexibility index (Phi) is 4.34. The van der Waals surface area contributed by atoms with Crippen LogP contribution in [0, 0.1) is 10.1 Å². The van der Waals surface area contributed by atoms with Crippen molar-refractivity contribution in [3.63, 3.8) is 0 Å². The Labute approximate surface area is 114 Å². The summed E-state index contributed by atoms with van der Waals surface area (Å²) in [6.45, 7) is 1.11. The number of nitro benzene ring substituents is 1. The number of halogens is 1. The second kappa shape index (κ2) is 5.99. The molecule has 6 nitrogen and oxygen atoms in total. The van der Waals surface area contributed by atoms with Crippen LogP contribution >= 0.6 is 11.6 Å². The third-order valence-electron chi connectivity index (χ3n) is 2.90. The fourth-order valence-corrected chi connectivity index (χ4v) is 2.14. The number of nitrogens with one attached hydrogen (secondary N) is 1. The molecule has 1 unspecified atom stereocenters. The third kappa shape index (κ3) is 3.42. The number of rotatable bonds is 3. The van der Waals surface area contributed by atoms with Crippen LogP contribution in [0.25, 0.3) is 0 Å². The first-order valence-corrected chi connectivity index (χ1v) is 6.28. The number of carbonyl (C=O) groups excluding carboxylic acids is 1. The lowest BCUT2D eigenvalue weighted by molar-refractivity contribution is -0.385. The Hall–Kier alpha value is -1.66. The van der Waals surface area contributed by atoms with E-state index in [1.54, 1.807) is 0 Å². The van der Waals surface area contributed by atoms with Crippen molar-refractivity contribution in [2.45, 2.75) is 18.9 Å². The van der Waals surface area contributed by atoms with Gasteiger partial charge in [0.05, 0.1) is 17.6 Å². The molecule has 1 aliphatic heterocycles. The molecule has 0 bridgehead atoms. The molecule has 1 atom stereocenters. The van der Waals surface area contributed by atoms with Crippen LogP contribution < -0.4 is 5.32 Å². The van der Waals surface area contributed by atoms with Gasteiger partial charge in [0, 0.05) is 17.7 Å². The van der Waals surface area contributed by atoms with Crippen molar-refractivity contribution in [2.75, 3.05) is 13.2 Å². The average Bonchev–Trinajstić information content (AvgIpc) is 2.39. The largest absolute Gasteiger partial charge is 0.379 e. The van der Waals surface area contributed by atoms with Crippen LogP contribution in [0.15, 0.2) is 18.2 Å². The fraction of sp³-hybridized carbons (Fsp3) is 0.417. The van der Waals surface area contributed by atoms with Crippen molar-refractivity contribution >= 4 is 23.2 Å². The van der Waals surface area contributed by atoms with Gasteiger partial charge in [0.25, 0.3) is 11.6 Å². The third-order valence-corrected chi connectivity index (χ3v) is 3.13.